The van der Waals surface area contributed by atoms with Crippen molar-refractivity contribution in [3.05, 3.63) is 41.7 Å². The molecule has 186 valence electrons. The summed E-state index contributed by atoms with van der Waals surface area (Å²) < 4.78 is 45.7. The second kappa shape index (κ2) is 10.5. The van der Waals surface area contributed by atoms with E-state index in [1.807, 2.05) is 0 Å². The molecule has 9 heteroatoms. The van der Waals surface area contributed by atoms with Gasteiger partial charge < -0.3 is 9.64 Å². The van der Waals surface area contributed by atoms with Crippen LogP contribution < -0.4 is 10.1 Å². The van der Waals surface area contributed by atoms with E-state index in [1.165, 1.54) is 23.8 Å². The molecule has 0 spiro atoms. The molecule has 0 atom stereocenters. The van der Waals surface area contributed by atoms with E-state index >= 15 is 0 Å². The largest absolute Gasteiger partial charge is 0.490 e. The van der Waals surface area contributed by atoms with Crippen LogP contribution >= 0.6 is 0 Å². The number of hydrogen-bond donors (Lipinski definition) is 1. The molecular formula is C25H33FN2O5S. The topological polar surface area (TPSA) is 92.8 Å². The van der Waals surface area contributed by atoms with Gasteiger partial charge in [0.1, 0.15) is 0 Å². The van der Waals surface area contributed by atoms with Crippen LogP contribution in [0.1, 0.15) is 56.9 Å². The predicted molar refractivity (Wildman–Crippen MR) is 127 cm³/mol. The highest BCUT2D eigenvalue weighted by molar-refractivity contribution is 7.91. The molecule has 34 heavy (non-hydrogen) atoms. The maximum absolute atomic E-state index is 14.3. The number of urea groups is 1. The van der Waals surface area contributed by atoms with Crippen molar-refractivity contribution in [1.29, 1.82) is 0 Å². The highest BCUT2D eigenvalue weighted by Gasteiger charge is 2.47. The Morgan fingerprint density at radius 1 is 1.18 bits per heavy atom. The summed E-state index contributed by atoms with van der Waals surface area (Å²) in [6.45, 7) is 1.20. The van der Waals surface area contributed by atoms with E-state index in [9.17, 15) is 22.4 Å². The van der Waals surface area contributed by atoms with Crippen molar-refractivity contribution >= 4 is 21.8 Å². The number of nitrogens with zero attached hydrogens (tertiary/aromatic N) is 1. The zero-order chi connectivity index (χ0) is 24.2. The molecule has 0 aromatic heterocycles. The monoisotopic (exact) mass is 492 g/mol. The van der Waals surface area contributed by atoms with Crippen LogP contribution in [-0.2, 0) is 20.0 Å². The van der Waals surface area contributed by atoms with Gasteiger partial charge in [-0.05, 0) is 55.7 Å². The molecule has 2 saturated carbocycles. The smallest absolute Gasteiger partial charge is 0.324 e. The number of nitrogens with one attached hydrogen (secondary N) is 1. The van der Waals surface area contributed by atoms with Gasteiger partial charge in [0.25, 0.3) is 0 Å². The molecule has 3 aliphatic rings. The quantitative estimate of drug-likeness (QED) is 0.475. The molecular weight excluding hydrogens is 459 g/mol. The van der Waals surface area contributed by atoms with E-state index < -0.39 is 27.1 Å². The molecule has 1 aromatic carbocycles. The number of hydrogen-bond acceptors (Lipinski definition) is 5. The molecule has 2 aliphatic carbocycles. The lowest BCUT2D eigenvalue weighted by atomic mass is 9.98. The van der Waals surface area contributed by atoms with Crippen LogP contribution in [0.2, 0.25) is 0 Å². The van der Waals surface area contributed by atoms with E-state index in [-0.39, 0.29) is 29.6 Å². The first kappa shape index (κ1) is 24.7. The number of benzene rings is 1. The summed E-state index contributed by atoms with van der Waals surface area (Å²) in [6.07, 6.45) is 10.3. The Bertz CT molecular complexity index is 1050. The second-order valence-corrected chi connectivity index (χ2v) is 12.0. The summed E-state index contributed by atoms with van der Waals surface area (Å²) in [6, 6.07) is 4.35. The Hall–Kier alpha value is -2.42. The molecule has 1 saturated heterocycles. The Morgan fingerprint density at radius 2 is 1.94 bits per heavy atom. The fraction of sp³-hybridized carbons (Fsp3) is 0.600. The van der Waals surface area contributed by atoms with Gasteiger partial charge in [-0.3, -0.25) is 10.1 Å². The van der Waals surface area contributed by atoms with E-state index in [2.05, 4.69) is 5.32 Å². The van der Waals surface area contributed by atoms with Crippen molar-refractivity contribution in [1.82, 2.24) is 10.2 Å². The molecule has 7 nitrogen and oxygen atoms in total. The Labute approximate surface area is 200 Å². The third-order valence-electron chi connectivity index (χ3n) is 7.07. The van der Waals surface area contributed by atoms with Crippen molar-refractivity contribution < 1.29 is 27.1 Å². The third kappa shape index (κ3) is 6.37. The molecule has 1 aliphatic heterocycles. The van der Waals surface area contributed by atoms with Crippen molar-refractivity contribution in [3.8, 4) is 5.75 Å². The number of imide groups is 1. The lowest BCUT2D eigenvalue weighted by Gasteiger charge is -2.25. The summed E-state index contributed by atoms with van der Waals surface area (Å²) in [5.41, 5.74) is 0.375. The number of carbonyl (C=O) groups excluding carboxylic acids is 2. The van der Waals surface area contributed by atoms with Crippen LogP contribution in [0.15, 0.2) is 30.4 Å². The summed E-state index contributed by atoms with van der Waals surface area (Å²) in [5.74, 6) is 0.0641. The fourth-order valence-electron chi connectivity index (χ4n) is 4.83. The molecule has 0 unspecified atom stereocenters. The third-order valence-corrected chi connectivity index (χ3v) is 8.92. The van der Waals surface area contributed by atoms with Crippen LogP contribution in [0.4, 0.5) is 9.18 Å². The molecule has 4 rings (SSSR count). The number of amides is 3. The van der Waals surface area contributed by atoms with Gasteiger partial charge in [-0.15, -0.1) is 0 Å². The number of halogens is 1. The van der Waals surface area contributed by atoms with Crippen molar-refractivity contribution in [3.63, 3.8) is 0 Å². The molecule has 0 radical (unpaired) electrons. The van der Waals surface area contributed by atoms with Crippen LogP contribution in [0.3, 0.4) is 0 Å². The molecule has 3 amide bonds. The summed E-state index contributed by atoms with van der Waals surface area (Å²) in [7, 11) is -3.32. The van der Waals surface area contributed by atoms with E-state index in [0.717, 1.165) is 31.2 Å². The molecule has 1 aromatic rings. The Kier molecular flexibility index (Phi) is 7.60. The Morgan fingerprint density at radius 3 is 2.65 bits per heavy atom. The minimum absolute atomic E-state index is 0.0160. The van der Waals surface area contributed by atoms with Gasteiger partial charge in [0.2, 0.25) is 5.91 Å². The van der Waals surface area contributed by atoms with Crippen LogP contribution in [0.25, 0.3) is 0 Å². The Balaban J connectivity index is 1.28. The van der Waals surface area contributed by atoms with E-state index in [0.29, 0.717) is 32.0 Å². The first-order chi connectivity index (χ1) is 16.3. The molecule has 0 bridgehead atoms. The van der Waals surface area contributed by atoms with Crippen molar-refractivity contribution in [2.75, 3.05) is 31.2 Å². The standard InChI is InChI=1S/C25H33FN2O5S/c26-21-9-8-20(16-22(21)33-17-19-6-2-3-7-19)25(11-12-25)18-34(31,32)15-5-1-4-13-28-14-10-23(29)27-24(28)30/h1,4,8-9,16,19H,2-3,5-7,10-15,17-18H2,(H,27,29,30)/b4-1+. The van der Waals surface area contributed by atoms with E-state index in [1.54, 1.807) is 24.3 Å². The summed E-state index contributed by atoms with van der Waals surface area (Å²) >= 11 is 0. The van der Waals surface area contributed by atoms with E-state index in [4.69, 9.17) is 4.74 Å². The molecule has 1 heterocycles. The highest BCUT2D eigenvalue weighted by Crippen LogP contribution is 2.50. The van der Waals surface area contributed by atoms with Crippen LogP contribution in [-0.4, -0.2) is 56.5 Å². The van der Waals surface area contributed by atoms with Crippen LogP contribution in [0, 0.1) is 11.7 Å². The van der Waals surface area contributed by atoms with Gasteiger partial charge in [0.15, 0.2) is 21.4 Å². The number of rotatable bonds is 11. The van der Waals surface area contributed by atoms with Gasteiger partial charge in [-0.2, -0.15) is 0 Å². The summed E-state index contributed by atoms with van der Waals surface area (Å²) in [5, 5.41) is 2.26. The predicted octanol–water partition coefficient (Wildman–Crippen LogP) is 3.73. The van der Waals surface area contributed by atoms with Crippen molar-refractivity contribution in [2.24, 2.45) is 5.92 Å². The SMILES string of the molecule is O=C1CCN(C/C=C/CCS(=O)(=O)CC2(c3ccc(F)c(OCC4CCCC4)c3)CC2)C(=O)N1. The first-order valence-corrected chi connectivity index (χ1v) is 14.0. The van der Waals surface area contributed by atoms with Crippen molar-refractivity contribution in [2.45, 2.75) is 56.8 Å². The number of carbonyl (C=O) groups is 2. The molecule has 1 N–H and O–H groups in total. The number of allylic oxidation sites excluding steroid dienone is 1. The molecule has 3 fully saturated rings. The minimum atomic E-state index is -3.32. The maximum Gasteiger partial charge on any atom is 0.324 e. The zero-order valence-electron chi connectivity index (χ0n) is 19.4. The van der Waals surface area contributed by atoms with Gasteiger partial charge >= 0.3 is 6.03 Å². The number of sulfone groups is 1. The fourth-order valence-corrected chi connectivity index (χ4v) is 6.77. The van der Waals surface area contributed by atoms with Gasteiger partial charge in [-0.1, -0.05) is 31.1 Å². The normalized spacial score (nSPS) is 20.7. The summed E-state index contributed by atoms with van der Waals surface area (Å²) in [4.78, 5) is 24.4. The zero-order valence-corrected chi connectivity index (χ0v) is 20.2. The average Bonchev–Trinajstić information content (AvgIpc) is 3.35. The number of ether oxygens (including phenoxy) is 1. The van der Waals surface area contributed by atoms with Gasteiger partial charge in [0, 0.05) is 24.9 Å². The van der Waals surface area contributed by atoms with Gasteiger partial charge in [-0.25, -0.2) is 17.6 Å². The average molecular weight is 493 g/mol. The van der Waals surface area contributed by atoms with Gasteiger partial charge in [0.05, 0.1) is 18.1 Å². The second-order valence-electron chi connectivity index (χ2n) is 9.79. The van der Waals surface area contributed by atoms with Crippen LogP contribution in [0.5, 0.6) is 5.75 Å². The maximum atomic E-state index is 14.3. The lowest BCUT2D eigenvalue weighted by molar-refractivity contribution is -0.121. The first-order valence-electron chi connectivity index (χ1n) is 12.1. The highest BCUT2D eigenvalue weighted by atomic mass is 32.2. The minimum Gasteiger partial charge on any atom is -0.490 e. The lowest BCUT2D eigenvalue weighted by Crippen LogP contribution is -2.49.